The number of hydrogen-bond donors (Lipinski definition) is 0. The molecule has 7 rings (SSSR count). The predicted octanol–water partition coefficient (Wildman–Crippen LogP) is 6.25. The van der Waals surface area contributed by atoms with Gasteiger partial charge in [-0.3, -0.25) is 0 Å². The molecule has 6 aromatic rings. The van der Waals surface area contributed by atoms with Crippen molar-refractivity contribution in [2.45, 2.75) is 39.0 Å². The molecule has 0 N–H and O–H groups in total. The highest BCUT2D eigenvalue weighted by Crippen LogP contribution is 2.41. The van der Waals surface area contributed by atoms with E-state index in [2.05, 4.69) is 71.5 Å². The van der Waals surface area contributed by atoms with E-state index in [-0.39, 0.29) is 0 Å². The van der Waals surface area contributed by atoms with Crippen LogP contribution in [0.15, 0.2) is 54.9 Å². The van der Waals surface area contributed by atoms with Crippen molar-refractivity contribution in [1.29, 1.82) is 0 Å². The molecule has 1 fully saturated rings. The van der Waals surface area contributed by atoms with E-state index in [1.807, 2.05) is 6.33 Å². The summed E-state index contributed by atoms with van der Waals surface area (Å²) in [5.74, 6) is 0.823. The molecule has 0 amide bonds. The number of aryl methyl sites for hydroxylation is 2. The van der Waals surface area contributed by atoms with Gasteiger partial charge in [0.2, 0.25) is 0 Å². The highest BCUT2D eigenvalue weighted by atomic mass is 15.0. The van der Waals surface area contributed by atoms with Crippen LogP contribution in [-0.4, -0.2) is 9.38 Å². The Kier molecular flexibility index (Phi) is 3.47. The van der Waals surface area contributed by atoms with Crippen LogP contribution in [0.3, 0.4) is 0 Å². The van der Waals surface area contributed by atoms with E-state index in [0.717, 1.165) is 11.4 Å². The van der Waals surface area contributed by atoms with Gasteiger partial charge in [-0.25, -0.2) is 4.57 Å². The van der Waals surface area contributed by atoms with Crippen LogP contribution in [0.4, 0.5) is 0 Å². The largest absolute Gasteiger partial charge is 0.308 e. The summed E-state index contributed by atoms with van der Waals surface area (Å²) in [4.78, 5) is 4.90. The fourth-order valence-electron chi connectivity index (χ4n) is 6.25. The van der Waals surface area contributed by atoms with Crippen molar-refractivity contribution in [3.05, 3.63) is 66.0 Å². The van der Waals surface area contributed by atoms with E-state index in [9.17, 15) is 0 Å². The predicted molar refractivity (Wildman–Crippen MR) is 128 cm³/mol. The molecule has 1 saturated carbocycles. The average Bonchev–Trinajstić information content (AvgIpc) is 3.40. The molecule has 31 heavy (non-hydrogen) atoms. The number of benzene rings is 3. The first kappa shape index (κ1) is 17.5. The number of pyridine rings is 1. The lowest BCUT2D eigenvalue weighted by Crippen LogP contribution is -2.30. The Morgan fingerprint density at radius 3 is 2.68 bits per heavy atom. The van der Waals surface area contributed by atoms with Gasteiger partial charge in [-0.1, -0.05) is 56.0 Å². The van der Waals surface area contributed by atoms with Gasteiger partial charge in [0.1, 0.15) is 5.52 Å². The number of hydrogen-bond acceptors (Lipinski definition) is 1. The Morgan fingerprint density at radius 1 is 0.968 bits per heavy atom. The third-order valence-corrected chi connectivity index (χ3v) is 7.64. The van der Waals surface area contributed by atoms with Crippen LogP contribution in [0.25, 0.3) is 49.1 Å². The van der Waals surface area contributed by atoms with Gasteiger partial charge >= 0.3 is 0 Å². The molecule has 3 aromatic carbocycles. The van der Waals surface area contributed by atoms with Crippen molar-refractivity contribution in [3.8, 4) is 0 Å². The molecule has 3 nitrogen and oxygen atoms in total. The minimum Gasteiger partial charge on any atom is -0.308 e. The molecule has 3 heterocycles. The van der Waals surface area contributed by atoms with Gasteiger partial charge in [-0.05, 0) is 53.6 Å². The van der Waals surface area contributed by atoms with Crippen LogP contribution in [-0.2, 0) is 13.5 Å². The van der Waals surface area contributed by atoms with Crippen molar-refractivity contribution in [1.82, 2.24) is 9.38 Å². The van der Waals surface area contributed by atoms with E-state index in [1.165, 1.54) is 86.8 Å². The summed E-state index contributed by atoms with van der Waals surface area (Å²) < 4.78 is 4.73. The Labute approximate surface area is 181 Å². The van der Waals surface area contributed by atoms with Crippen LogP contribution in [0, 0.1) is 12.8 Å². The SMILES string of the molecule is Cc1ccc2c3ccccc3n3c4cc(CC5CCCC5)cc5nc[n+](C)c(c1c23)c54. The van der Waals surface area contributed by atoms with Gasteiger partial charge in [0.25, 0.3) is 6.33 Å². The lowest BCUT2D eigenvalue weighted by atomic mass is 9.95. The molecular formula is C28H26N3+. The van der Waals surface area contributed by atoms with Crippen molar-refractivity contribution >= 4 is 49.1 Å². The monoisotopic (exact) mass is 404 g/mol. The van der Waals surface area contributed by atoms with Gasteiger partial charge < -0.3 is 4.40 Å². The Hall–Kier alpha value is -3.20. The lowest BCUT2D eigenvalue weighted by Gasteiger charge is -2.15. The minimum absolute atomic E-state index is 0.823. The lowest BCUT2D eigenvalue weighted by molar-refractivity contribution is -0.646. The first-order valence-corrected chi connectivity index (χ1v) is 11.6. The Morgan fingerprint density at radius 2 is 1.81 bits per heavy atom. The normalized spacial score (nSPS) is 15.5. The molecule has 0 bridgehead atoms. The number of fused-ring (bicyclic) bond motifs is 5. The smallest absolute Gasteiger partial charge is 0.287 e. The Balaban J connectivity index is 1.73. The third-order valence-electron chi connectivity index (χ3n) is 7.64. The summed E-state index contributed by atoms with van der Waals surface area (Å²) in [6, 6.07) is 18.3. The second-order valence-electron chi connectivity index (χ2n) is 9.57. The molecule has 3 heteroatoms. The standard InChI is InChI=1S/C28H26N3/c1-17-11-12-21-20-9-5-6-10-23(20)31-24-15-19(13-18-7-3-4-8-18)14-22-26(24)28(25(17)27(21)31)30(2)16-29-22/h5-6,9-12,14-16,18H,3-4,7-8,13H2,1-2H3/q+1. The second kappa shape index (κ2) is 6.16. The first-order valence-electron chi connectivity index (χ1n) is 11.6. The van der Waals surface area contributed by atoms with Gasteiger partial charge in [0.05, 0.1) is 29.0 Å². The molecule has 1 aliphatic carbocycles. The summed E-state index contributed by atoms with van der Waals surface area (Å²) in [5.41, 5.74) is 9.11. The zero-order chi connectivity index (χ0) is 20.7. The first-order chi connectivity index (χ1) is 15.2. The summed E-state index contributed by atoms with van der Waals surface area (Å²) in [6.45, 7) is 2.24. The van der Waals surface area contributed by atoms with Crippen molar-refractivity contribution < 1.29 is 4.57 Å². The van der Waals surface area contributed by atoms with Crippen LogP contribution < -0.4 is 4.57 Å². The molecule has 0 aliphatic heterocycles. The third kappa shape index (κ3) is 2.29. The zero-order valence-electron chi connectivity index (χ0n) is 18.2. The molecule has 0 atom stereocenters. The van der Waals surface area contributed by atoms with Gasteiger partial charge in [0, 0.05) is 16.2 Å². The maximum Gasteiger partial charge on any atom is 0.287 e. The van der Waals surface area contributed by atoms with E-state index in [4.69, 9.17) is 4.98 Å². The number of rotatable bonds is 2. The average molecular weight is 405 g/mol. The molecule has 0 spiro atoms. The van der Waals surface area contributed by atoms with Crippen LogP contribution in [0.5, 0.6) is 0 Å². The summed E-state index contributed by atoms with van der Waals surface area (Å²) >= 11 is 0. The van der Waals surface area contributed by atoms with Crippen LogP contribution in [0.1, 0.15) is 36.8 Å². The van der Waals surface area contributed by atoms with Gasteiger partial charge in [-0.2, -0.15) is 0 Å². The summed E-state index contributed by atoms with van der Waals surface area (Å²) in [7, 11) is 2.13. The molecule has 1 aliphatic rings. The van der Waals surface area contributed by atoms with Crippen LogP contribution in [0.2, 0.25) is 0 Å². The molecular weight excluding hydrogens is 378 g/mol. The van der Waals surface area contributed by atoms with E-state index < -0.39 is 0 Å². The maximum absolute atomic E-state index is 4.90. The fourth-order valence-corrected chi connectivity index (χ4v) is 6.25. The molecule has 152 valence electrons. The fraction of sp³-hybridized carbons (Fsp3) is 0.286. The van der Waals surface area contributed by atoms with Crippen molar-refractivity contribution in [3.63, 3.8) is 0 Å². The number of para-hydroxylation sites is 1. The minimum atomic E-state index is 0.823. The van der Waals surface area contributed by atoms with Gasteiger partial charge in [0.15, 0.2) is 5.52 Å². The van der Waals surface area contributed by atoms with E-state index >= 15 is 0 Å². The maximum atomic E-state index is 4.90. The number of nitrogens with zero attached hydrogens (tertiary/aromatic N) is 3. The molecule has 0 unspecified atom stereocenters. The highest BCUT2D eigenvalue weighted by molar-refractivity contribution is 6.25. The highest BCUT2D eigenvalue weighted by Gasteiger charge is 2.25. The van der Waals surface area contributed by atoms with E-state index in [0.29, 0.717) is 0 Å². The zero-order valence-corrected chi connectivity index (χ0v) is 18.2. The van der Waals surface area contributed by atoms with Crippen LogP contribution >= 0.6 is 0 Å². The summed E-state index contributed by atoms with van der Waals surface area (Å²) in [6.07, 6.45) is 8.68. The summed E-state index contributed by atoms with van der Waals surface area (Å²) in [5, 5.41) is 5.30. The van der Waals surface area contributed by atoms with Gasteiger partial charge in [-0.15, -0.1) is 0 Å². The van der Waals surface area contributed by atoms with Crippen molar-refractivity contribution in [2.75, 3.05) is 0 Å². The van der Waals surface area contributed by atoms with E-state index in [1.54, 1.807) is 0 Å². The topological polar surface area (TPSA) is 21.2 Å². The molecule has 3 aromatic heterocycles. The number of aromatic nitrogens is 3. The second-order valence-corrected chi connectivity index (χ2v) is 9.57. The molecule has 0 radical (unpaired) electrons. The Bertz CT molecular complexity index is 1630. The molecule has 0 saturated heterocycles. The quantitative estimate of drug-likeness (QED) is 0.190. The van der Waals surface area contributed by atoms with Crippen molar-refractivity contribution in [2.24, 2.45) is 13.0 Å².